The molecule has 1 aromatic carbocycles. The first-order valence-corrected chi connectivity index (χ1v) is 7.47. The zero-order chi connectivity index (χ0) is 16.0. The number of halogens is 2. The van der Waals surface area contributed by atoms with Crippen molar-refractivity contribution in [2.75, 3.05) is 20.6 Å². The van der Waals surface area contributed by atoms with Gasteiger partial charge >= 0.3 is 0 Å². The highest BCUT2D eigenvalue weighted by Crippen LogP contribution is 2.22. The third kappa shape index (κ3) is 8.56. The van der Waals surface area contributed by atoms with Gasteiger partial charge in [-0.05, 0) is 32.0 Å². The van der Waals surface area contributed by atoms with Crippen LogP contribution in [0.1, 0.15) is 38.8 Å². The van der Waals surface area contributed by atoms with Crippen molar-refractivity contribution in [3.05, 3.63) is 35.9 Å². The first-order chi connectivity index (χ1) is 9.72. The second-order valence-electron chi connectivity index (χ2n) is 6.74. The molecule has 2 atom stereocenters. The Balaban J connectivity index is 0. The Morgan fingerprint density at radius 2 is 1.74 bits per heavy atom. The SMILES string of the molecule is CC(NC(=O)CC(N)c1ccccc1)C(C)(C)CN(C)C.Cl.Cl. The van der Waals surface area contributed by atoms with Gasteiger partial charge in [0.1, 0.15) is 0 Å². The summed E-state index contributed by atoms with van der Waals surface area (Å²) < 4.78 is 0. The Morgan fingerprint density at radius 3 is 2.22 bits per heavy atom. The molecule has 0 aliphatic rings. The summed E-state index contributed by atoms with van der Waals surface area (Å²) in [6, 6.07) is 9.58. The summed E-state index contributed by atoms with van der Waals surface area (Å²) in [5, 5.41) is 3.08. The molecule has 2 unspecified atom stereocenters. The van der Waals surface area contributed by atoms with E-state index in [1.54, 1.807) is 0 Å². The van der Waals surface area contributed by atoms with E-state index in [2.05, 4.69) is 31.0 Å². The lowest BCUT2D eigenvalue weighted by Gasteiger charge is -2.35. The van der Waals surface area contributed by atoms with Crippen LogP contribution in [0.3, 0.4) is 0 Å². The van der Waals surface area contributed by atoms with Gasteiger partial charge in [0.15, 0.2) is 0 Å². The number of rotatable bonds is 7. The standard InChI is InChI=1S/C17H29N3O.2ClH/c1-13(17(2,3)12-20(4)5)19-16(21)11-15(18)14-9-7-6-8-10-14;;/h6-10,13,15H,11-12,18H2,1-5H3,(H,19,21);2*1H. The van der Waals surface area contributed by atoms with E-state index in [-0.39, 0.29) is 48.2 Å². The molecule has 0 spiro atoms. The van der Waals surface area contributed by atoms with E-state index in [1.807, 2.05) is 44.4 Å². The summed E-state index contributed by atoms with van der Waals surface area (Å²) in [7, 11) is 4.09. The van der Waals surface area contributed by atoms with Gasteiger partial charge in [0.25, 0.3) is 0 Å². The molecule has 0 radical (unpaired) electrons. The number of nitrogens with zero attached hydrogens (tertiary/aromatic N) is 1. The third-order valence-corrected chi connectivity index (χ3v) is 3.91. The van der Waals surface area contributed by atoms with Gasteiger partial charge in [-0.25, -0.2) is 0 Å². The van der Waals surface area contributed by atoms with Crippen molar-refractivity contribution >= 4 is 30.7 Å². The molecule has 4 nitrogen and oxygen atoms in total. The zero-order valence-electron chi connectivity index (χ0n) is 14.7. The Hall–Kier alpha value is -0.810. The summed E-state index contributed by atoms with van der Waals surface area (Å²) in [4.78, 5) is 14.3. The summed E-state index contributed by atoms with van der Waals surface area (Å²) >= 11 is 0. The molecule has 134 valence electrons. The largest absolute Gasteiger partial charge is 0.353 e. The number of amides is 1. The Kier molecular flexibility index (Phi) is 11.6. The van der Waals surface area contributed by atoms with E-state index in [9.17, 15) is 4.79 Å². The van der Waals surface area contributed by atoms with Crippen molar-refractivity contribution in [2.45, 2.75) is 39.3 Å². The van der Waals surface area contributed by atoms with Crippen LogP contribution in [-0.4, -0.2) is 37.5 Å². The molecule has 0 heterocycles. The first-order valence-electron chi connectivity index (χ1n) is 7.47. The van der Waals surface area contributed by atoms with Crippen LogP contribution in [0.5, 0.6) is 0 Å². The van der Waals surface area contributed by atoms with Crippen molar-refractivity contribution in [2.24, 2.45) is 11.1 Å². The highest BCUT2D eigenvalue weighted by atomic mass is 35.5. The number of hydrogen-bond acceptors (Lipinski definition) is 3. The molecule has 1 aromatic rings. The van der Waals surface area contributed by atoms with Gasteiger partial charge in [0.2, 0.25) is 5.91 Å². The van der Waals surface area contributed by atoms with E-state index in [0.29, 0.717) is 6.42 Å². The van der Waals surface area contributed by atoms with E-state index in [4.69, 9.17) is 5.73 Å². The quantitative estimate of drug-likeness (QED) is 0.782. The lowest BCUT2D eigenvalue weighted by atomic mass is 9.84. The summed E-state index contributed by atoms with van der Waals surface area (Å²) in [5.74, 6) is 0.00526. The van der Waals surface area contributed by atoms with E-state index >= 15 is 0 Å². The van der Waals surface area contributed by atoms with Crippen LogP contribution in [0.4, 0.5) is 0 Å². The third-order valence-electron chi connectivity index (χ3n) is 3.91. The topological polar surface area (TPSA) is 58.4 Å². The molecule has 0 aliphatic carbocycles. The normalized spacial score (nSPS) is 13.5. The number of benzene rings is 1. The van der Waals surface area contributed by atoms with Crippen LogP contribution in [-0.2, 0) is 4.79 Å². The van der Waals surface area contributed by atoms with Crippen molar-refractivity contribution in [1.29, 1.82) is 0 Å². The fraction of sp³-hybridized carbons (Fsp3) is 0.588. The number of nitrogens with one attached hydrogen (secondary N) is 1. The van der Waals surface area contributed by atoms with Gasteiger partial charge < -0.3 is 16.0 Å². The van der Waals surface area contributed by atoms with Gasteiger partial charge in [-0.1, -0.05) is 44.2 Å². The highest BCUT2D eigenvalue weighted by molar-refractivity contribution is 5.85. The summed E-state index contributed by atoms with van der Waals surface area (Å²) in [6.45, 7) is 7.29. The Bertz CT molecular complexity index is 452. The van der Waals surface area contributed by atoms with Crippen LogP contribution in [0, 0.1) is 5.41 Å². The highest BCUT2D eigenvalue weighted by Gasteiger charge is 2.28. The molecule has 0 bridgehead atoms. The number of carbonyl (C=O) groups is 1. The lowest BCUT2D eigenvalue weighted by molar-refractivity contribution is -0.122. The van der Waals surface area contributed by atoms with Crippen molar-refractivity contribution < 1.29 is 4.79 Å². The summed E-state index contributed by atoms with van der Waals surface area (Å²) in [5.41, 5.74) is 7.10. The maximum absolute atomic E-state index is 12.2. The second kappa shape index (κ2) is 10.9. The first kappa shape index (κ1) is 24.4. The van der Waals surface area contributed by atoms with Crippen LogP contribution < -0.4 is 11.1 Å². The fourth-order valence-corrected chi connectivity index (χ4v) is 2.47. The van der Waals surface area contributed by atoms with Crippen molar-refractivity contribution in [3.63, 3.8) is 0 Å². The van der Waals surface area contributed by atoms with Gasteiger partial charge in [-0.15, -0.1) is 24.8 Å². The molecule has 3 N–H and O–H groups in total. The lowest BCUT2D eigenvalue weighted by Crippen LogP contribution is -2.47. The van der Waals surface area contributed by atoms with Gasteiger partial charge in [0.05, 0.1) is 0 Å². The van der Waals surface area contributed by atoms with Crippen LogP contribution in [0.2, 0.25) is 0 Å². The zero-order valence-corrected chi connectivity index (χ0v) is 16.3. The maximum atomic E-state index is 12.2. The molecule has 6 heteroatoms. The molecular formula is C17H31Cl2N3O. The molecule has 0 aromatic heterocycles. The molecule has 0 saturated carbocycles. The van der Waals surface area contributed by atoms with Crippen LogP contribution >= 0.6 is 24.8 Å². The van der Waals surface area contributed by atoms with E-state index < -0.39 is 0 Å². The predicted octanol–water partition coefficient (Wildman–Crippen LogP) is 3.01. The number of nitrogens with two attached hydrogens (primary N) is 1. The average Bonchev–Trinajstić information content (AvgIpc) is 2.37. The second-order valence-corrected chi connectivity index (χ2v) is 6.74. The Labute approximate surface area is 153 Å². The van der Waals surface area contributed by atoms with E-state index in [0.717, 1.165) is 12.1 Å². The molecule has 1 amide bonds. The fourth-order valence-electron chi connectivity index (χ4n) is 2.47. The molecule has 0 saturated heterocycles. The predicted molar refractivity (Wildman–Crippen MR) is 102 cm³/mol. The minimum Gasteiger partial charge on any atom is -0.353 e. The average molecular weight is 364 g/mol. The molecule has 23 heavy (non-hydrogen) atoms. The molecule has 1 rings (SSSR count). The van der Waals surface area contributed by atoms with Gasteiger partial charge in [0, 0.05) is 25.0 Å². The van der Waals surface area contributed by atoms with Gasteiger partial charge in [-0.3, -0.25) is 4.79 Å². The smallest absolute Gasteiger partial charge is 0.222 e. The van der Waals surface area contributed by atoms with Crippen LogP contribution in [0.15, 0.2) is 30.3 Å². The van der Waals surface area contributed by atoms with Crippen molar-refractivity contribution in [3.8, 4) is 0 Å². The monoisotopic (exact) mass is 363 g/mol. The van der Waals surface area contributed by atoms with Crippen LogP contribution in [0.25, 0.3) is 0 Å². The minimum absolute atomic E-state index is 0. The van der Waals surface area contributed by atoms with Gasteiger partial charge in [-0.2, -0.15) is 0 Å². The molecule has 0 fully saturated rings. The van der Waals surface area contributed by atoms with E-state index in [1.165, 1.54) is 0 Å². The Morgan fingerprint density at radius 1 is 1.22 bits per heavy atom. The maximum Gasteiger partial charge on any atom is 0.222 e. The minimum atomic E-state index is -0.254. The number of carbonyl (C=O) groups excluding carboxylic acids is 1. The summed E-state index contributed by atoms with van der Waals surface area (Å²) in [6.07, 6.45) is 0.312. The number of hydrogen-bond donors (Lipinski definition) is 2. The molecular weight excluding hydrogens is 333 g/mol. The molecule has 0 aliphatic heterocycles. The van der Waals surface area contributed by atoms with Crippen molar-refractivity contribution in [1.82, 2.24) is 10.2 Å².